The van der Waals surface area contributed by atoms with Crippen molar-refractivity contribution in [3.8, 4) is 0 Å². The maximum atomic E-state index is 9.51. The monoisotopic (exact) mass is 444 g/mol. The van der Waals surface area contributed by atoms with Crippen LogP contribution in [0.15, 0.2) is 0 Å². The Morgan fingerprint density at radius 1 is 0.567 bits per heavy atom. The van der Waals surface area contributed by atoms with Crippen LogP contribution in [-0.2, 0) is 18.9 Å². The van der Waals surface area contributed by atoms with Crippen LogP contribution >= 0.6 is 0 Å². The molecule has 2 aliphatic rings. The molecule has 0 bridgehead atoms. The third-order valence-corrected chi connectivity index (χ3v) is 4.67. The van der Waals surface area contributed by atoms with Crippen molar-refractivity contribution in [3.63, 3.8) is 0 Å². The molecule has 2 rings (SSSR count). The lowest BCUT2D eigenvalue weighted by Crippen LogP contribution is -2.59. The van der Waals surface area contributed by atoms with Gasteiger partial charge in [-0.05, 0) is 12.8 Å². The van der Waals surface area contributed by atoms with E-state index in [0.29, 0.717) is 13.2 Å². The van der Waals surface area contributed by atoms with Crippen molar-refractivity contribution in [2.45, 2.75) is 88.1 Å². The van der Waals surface area contributed by atoms with Gasteiger partial charge >= 0.3 is 0 Å². The highest BCUT2D eigenvalue weighted by Crippen LogP contribution is 2.22. The third kappa shape index (κ3) is 7.29. The van der Waals surface area contributed by atoms with Gasteiger partial charge in [0.2, 0.25) is 0 Å². The fourth-order valence-corrected chi connectivity index (χ4v) is 2.88. The van der Waals surface area contributed by atoms with E-state index in [4.69, 9.17) is 29.2 Å². The molecule has 0 aromatic heterocycles. The van der Waals surface area contributed by atoms with Gasteiger partial charge in [-0.3, -0.25) is 0 Å². The van der Waals surface area contributed by atoms with Gasteiger partial charge < -0.3 is 59.8 Å². The van der Waals surface area contributed by atoms with E-state index in [0.717, 1.165) is 12.8 Å². The summed E-state index contributed by atoms with van der Waals surface area (Å²) in [7, 11) is 0. The maximum Gasteiger partial charge on any atom is 0.186 e. The van der Waals surface area contributed by atoms with Crippen LogP contribution in [0.2, 0.25) is 0 Å². The van der Waals surface area contributed by atoms with E-state index in [1.807, 2.05) is 13.8 Å². The van der Waals surface area contributed by atoms with Crippen LogP contribution in [-0.4, -0.2) is 129 Å². The summed E-state index contributed by atoms with van der Waals surface area (Å²) in [5, 5.41) is 74.5. The van der Waals surface area contributed by atoms with E-state index in [1.165, 1.54) is 0 Å². The molecule has 8 N–H and O–H groups in total. The van der Waals surface area contributed by atoms with E-state index in [2.05, 4.69) is 0 Å². The number of rotatable bonds is 8. The van der Waals surface area contributed by atoms with Crippen LogP contribution in [0.4, 0.5) is 0 Å². The smallest absolute Gasteiger partial charge is 0.186 e. The van der Waals surface area contributed by atoms with Crippen LogP contribution in [0.25, 0.3) is 0 Å². The Bertz CT molecular complexity index is 411. The standard InChI is InChI=1S/2C9H18O6/c2*1-2-3-14-9-8(13)7(12)6(11)5(4-10)15-9/h2*5-13H,2-4H2,1H3/t5?,6-,7+,8?,9-;5?,6-,7-,8?,9+/m10/s1. The van der Waals surface area contributed by atoms with Crippen molar-refractivity contribution < 1.29 is 59.8 Å². The minimum absolute atomic E-state index is 0.378. The van der Waals surface area contributed by atoms with E-state index in [1.54, 1.807) is 0 Å². The molecule has 0 spiro atoms. The first-order chi connectivity index (χ1) is 14.2. The molecule has 12 heteroatoms. The van der Waals surface area contributed by atoms with Crippen molar-refractivity contribution in [2.75, 3.05) is 26.4 Å². The van der Waals surface area contributed by atoms with E-state index in [-0.39, 0.29) is 0 Å². The molecule has 2 fully saturated rings. The summed E-state index contributed by atoms with van der Waals surface area (Å²) in [6.07, 6.45) is -10.3. The number of aliphatic hydroxyl groups excluding tert-OH is 8. The Labute approximate surface area is 175 Å². The SMILES string of the molecule is CCCO[C@@H]1OC(CO)[C@@H](O)[C@H](O)C1O.CCCO[C@@H]1OC(CO)[C@H](O)[C@H](O)C1O. The minimum atomic E-state index is -1.36. The van der Waals surface area contributed by atoms with E-state index >= 15 is 0 Å². The second kappa shape index (κ2) is 13.8. The molecule has 10 atom stereocenters. The Morgan fingerprint density at radius 2 is 0.900 bits per heavy atom. The van der Waals surface area contributed by atoms with Gasteiger partial charge in [0.05, 0.1) is 13.2 Å². The molecular weight excluding hydrogens is 408 g/mol. The number of hydrogen-bond acceptors (Lipinski definition) is 12. The Kier molecular flexibility index (Phi) is 12.7. The molecular formula is C18H36O12. The quantitative estimate of drug-likeness (QED) is 0.183. The summed E-state index contributed by atoms with van der Waals surface area (Å²) in [6.45, 7) is 3.67. The lowest BCUT2D eigenvalue weighted by molar-refractivity contribution is -0.301. The van der Waals surface area contributed by atoms with Gasteiger partial charge in [-0.25, -0.2) is 0 Å². The molecule has 2 aliphatic heterocycles. The number of hydrogen-bond donors (Lipinski definition) is 8. The summed E-state index contributed by atoms with van der Waals surface area (Å²) >= 11 is 0. The van der Waals surface area contributed by atoms with Crippen LogP contribution in [0, 0.1) is 0 Å². The Hall–Kier alpha value is -0.480. The zero-order valence-corrected chi connectivity index (χ0v) is 17.2. The molecule has 0 saturated carbocycles. The van der Waals surface area contributed by atoms with Gasteiger partial charge in [-0.2, -0.15) is 0 Å². The highest BCUT2D eigenvalue weighted by atomic mass is 16.7. The zero-order chi connectivity index (χ0) is 22.8. The van der Waals surface area contributed by atoms with Crippen LogP contribution in [0.5, 0.6) is 0 Å². The third-order valence-electron chi connectivity index (χ3n) is 4.67. The molecule has 0 aliphatic carbocycles. The first kappa shape index (κ1) is 27.6. The fourth-order valence-electron chi connectivity index (χ4n) is 2.88. The molecule has 4 unspecified atom stereocenters. The molecule has 0 radical (unpaired) electrons. The van der Waals surface area contributed by atoms with Crippen LogP contribution < -0.4 is 0 Å². The zero-order valence-electron chi connectivity index (χ0n) is 17.2. The predicted molar refractivity (Wildman–Crippen MR) is 100 cm³/mol. The van der Waals surface area contributed by atoms with Gasteiger partial charge in [0.25, 0.3) is 0 Å². The van der Waals surface area contributed by atoms with Gasteiger partial charge in [0, 0.05) is 13.2 Å². The van der Waals surface area contributed by atoms with Crippen molar-refractivity contribution in [1.29, 1.82) is 0 Å². The normalized spacial score (nSPS) is 41.8. The highest BCUT2D eigenvalue weighted by Gasteiger charge is 2.44. The summed E-state index contributed by atoms with van der Waals surface area (Å²) in [4.78, 5) is 0. The average molecular weight is 444 g/mol. The summed E-state index contributed by atoms with van der Waals surface area (Å²) in [5.74, 6) is 0. The first-order valence-corrected chi connectivity index (χ1v) is 10.1. The Balaban J connectivity index is 0.000000300. The molecule has 2 heterocycles. The van der Waals surface area contributed by atoms with Gasteiger partial charge in [0.15, 0.2) is 12.6 Å². The molecule has 0 aromatic rings. The lowest BCUT2D eigenvalue weighted by atomic mass is 9.99. The highest BCUT2D eigenvalue weighted by molar-refractivity contribution is 4.89. The van der Waals surface area contributed by atoms with E-state index < -0.39 is 74.6 Å². The fraction of sp³-hybridized carbons (Fsp3) is 1.00. The average Bonchev–Trinajstić information content (AvgIpc) is 2.75. The molecule has 0 amide bonds. The predicted octanol–water partition coefficient (Wildman–Crippen LogP) is -3.57. The van der Waals surface area contributed by atoms with Crippen LogP contribution in [0.1, 0.15) is 26.7 Å². The largest absolute Gasteiger partial charge is 0.394 e. The van der Waals surface area contributed by atoms with Crippen LogP contribution in [0.3, 0.4) is 0 Å². The second-order valence-corrected chi connectivity index (χ2v) is 7.14. The lowest BCUT2D eigenvalue weighted by Gasteiger charge is -2.39. The topological polar surface area (TPSA) is 199 Å². The summed E-state index contributed by atoms with van der Waals surface area (Å²) in [5.41, 5.74) is 0. The molecule has 30 heavy (non-hydrogen) atoms. The molecule has 0 aromatic carbocycles. The Morgan fingerprint density at radius 3 is 1.17 bits per heavy atom. The van der Waals surface area contributed by atoms with Gasteiger partial charge in [0.1, 0.15) is 48.8 Å². The first-order valence-electron chi connectivity index (χ1n) is 10.1. The van der Waals surface area contributed by atoms with E-state index in [9.17, 15) is 30.6 Å². The van der Waals surface area contributed by atoms with Gasteiger partial charge in [-0.1, -0.05) is 13.8 Å². The van der Waals surface area contributed by atoms with Crippen molar-refractivity contribution in [2.24, 2.45) is 0 Å². The summed E-state index contributed by atoms with van der Waals surface area (Å²) in [6, 6.07) is 0. The van der Waals surface area contributed by atoms with Crippen molar-refractivity contribution in [3.05, 3.63) is 0 Å². The molecule has 12 nitrogen and oxygen atoms in total. The van der Waals surface area contributed by atoms with Crippen molar-refractivity contribution >= 4 is 0 Å². The number of ether oxygens (including phenoxy) is 4. The summed E-state index contributed by atoms with van der Waals surface area (Å²) < 4.78 is 20.5. The second-order valence-electron chi connectivity index (χ2n) is 7.14. The van der Waals surface area contributed by atoms with Gasteiger partial charge in [-0.15, -0.1) is 0 Å². The van der Waals surface area contributed by atoms with Crippen molar-refractivity contribution in [1.82, 2.24) is 0 Å². The maximum absolute atomic E-state index is 9.51. The molecule has 2 saturated heterocycles. The molecule has 180 valence electrons. The number of aliphatic hydroxyl groups is 8. The minimum Gasteiger partial charge on any atom is -0.394 e.